The molecule has 1 aliphatic rings. The smallest absolute Gasteiger partial charge is 0.291 e. The molecule has 0 bridgehead atoms. The Bertz CT molecular complexity index is 705. The van der Waals surface area contributed by atoms with Crippen LogP contribution in [0.25, 0.3) is 0 Å². The van der Waals surface area contributed by atoms with Gasteiger partial charge in [0.1, 0.15) is 6.10 Å². The molecule has 3 heterocycles. The number of hydrogen-bond acceptors (Lipinski definition) is 8. The van der Waals surface area contributed by atoms with Gasteiger partial charge >= 0.3 is 0 Å². The molecule has 9 nitrogen and oxygen atoms in total. The zero-order chi connectivity index (χ0) is 17.8. The van der Waals surface area contributed by atoms with Gasteiger partial charge in [-0.05, 0) is 20.8 Å². The van der Waals surface area contributed by atoms with Gasteiger partial charge in [0.2, 0.25) is 11.7 Å². The Hall–Kier alpha value is -2.26. The summed E-state index contributed by atoms with van der Waals surface area (Å²) >= 11 is 0. The van der Waals surface area contributed by atoms with Crippen LogP contribution >= 0.6 is 0 Å². The van der Waals surface area contributed by atoms with Crippen molar-refractivity contribution in [2.45, 2.75) is 33.4 Å². The average Bonchev–Trinajstić information content (AvgIpc) is 3.24. The zero-order valence-corrected chi connectivity index (χ0v) is 14.8. The number of aromatic nitrogens is 3. The van der Waals surface area contributed by atoms with Gasteiger partial charge in [-0.15, -0.1) is 0 Å². The zero-order valence-electron chi connectivity index (χ0n) is 14.8. The Morgan fingerprint density at radius 3 is 2.76 bits per heavy atom. The molecule has 2 aromatic rings. The molecular formula is C16H23N5O4. The summed E-state index contributed by atoms with van der Waals surface area (Å²) in [5.74, 6) is 1.33. The first-order valence-corrected chi connectivity index (χ1v) is 8.44. The maximum atomic E-state index is 12.4. The van der Waals surface area contributed by atoms with Crippen molar-refractivity contribution in [1.29, 1.82) is 0 Å². The van der Waals surface area contributed by atoms with Crippen LogP contribution in [0.4, 0.5) is 0 Å². The lowest BCUT2D eigenvalue weighted by Crippen LogP contribution is -2.48. The van der Waals surface area contributed by atoms with Crippen LogP contribution in [0.1, 0.15) is 47.9 Å². The van der Waals surface area contributed by atoms with E-state index in [0.717, 1.165) is 13.1 Å². The van der Waals surface area contributed by atoms with Crippen LogP contribution in [-0.2, 0) is 11.3 Å². The molecule has 3 rings (SSSR count). The maximum absolute atomic E-state index is 12.4. The van der Waals surface area contributed by atoms with Crippen LogP contribution in [0.2, 0.25) is 0 Å². The van der Waals surface area contributed by atoms with Crippen molar-refractivity contribution in [1.82, 2.24) is 24.9 Å². The highest BCUT2D eigenvalue weighted by atomic mass is 16.5. The van der Waals surface area contributed by atoms with E-state index in [-0.39, 0.29) is 12.0 Å². The van der Waals surface area contributed by atoms with Gasteiger partial charge in [-0.2, -0.15) is 4.98 Å². The number of piperazine rings is 1. The molecule has 0 N–H and O–H groups in total. The second-order valence-electron chi connectivity index (χ2n) is 5.98. The van der Waals surface area contributed by atoms with Crippen molar-refractivity contribution in [3.05, 3.63) is 29.6 Å². The predicted molar refractivity (Wildman–Crippen MR) is 86.8 cm³/mol. The molecular weight excluding hydrogens is 326 g/mol. The minimum absolute atomic E-state index is 0.111. The van der Waals surface area contributed by atoms with E-state index in [1.54, 1.807) is 11.8 Å². The SMILES string of the molecule is CCOC(C)c1noc(CN2CCN(C(=O)c3ocnc3C)CC2)n1. The Balaban J connectivity index is 1.51. The van der Waals surface area contributed by atoms with E-state index in [2.05, 4.69) is 20.0 Å². The van der Waals surface area contributed by atoms with Crippen molar-refractivity contribution in [3.63, 3.8) is 0 Å². The van der Waals surface area contributed by atoms with E-state index < -0.39 is 0 Å². The summed E-state index contributed by atoms with van der Waals surface area (Å²) in [6.07, 6.45) is 1.12. The lowest BCUT2D eigenvalue weighted by Gasteiger charge is -2.33. The lowest BCUT2D eigenvalue weighted by molar-refractivity contribution is 0.0584. The van der Waals surface area contributed by atoms with Crippen molar-refractivity contribution < 1.29 is 18.5 Å². The van der Waals surface area contributed by atoms with Crippen LogP contribution in [-0.4, -0.2) is 63.6 Å². The van der Waals surface area contributed by atoms with E-state index in [4.69, 9.17) is 13.7 Å². The monoisotopic (exact) mass is 349 g/mol. The minimum atomic E-state index is -0.179. The van der Waals surface area contributed by atoms with Gasteiger partial charge in [0, 0.05) is 32.8 Å². The highest BCUT2D eigenvalue weighted by molar-refractivity contribution is 5.92. The van der Waals surface area contributed by atoms with E-state index in [0.29, 0.717) is 49.4 Å². The molecule has 1 amide bonds. The van der Waals surface area contributed by atoms with Gasteiger partial charge in [-0.1, -0.05) is 5.16 Å². The Kier molecular flexibility index (Phi) is 5.44. The second-order valence-corrected chi connectivity index (χ2v) is 5.98. The molecule has 0 aromatic carbocycles. The lowest BCUT2D eigenvalue weighted by atomic mass is 10.2. The summed E-state index contributed by atoms with van der Waals surface area (Å²) < 4.78 is 15.9. The minimum Gasteiger partial charge on any atom is -0.438 e. The molecule has 0 saturated carbocycles. The number of nitrogens with zero attached hydrogens (tertiary/aromatic N) is 5. The fourth-order valence-electron chi connectivity index (χ4n) is 2.77. The van der Waals surface area contributed by atoms with Crippen LogP contribution in [0.3, 0.4) is 0 Å². The molecule has 1 fully saturated rings. The predicted octanol–water partition coefficient (Wildman–Crippen LogP) is 1.42. The standard InChI is InChI=1S/C16H23N5O4/c1-4-23-12(3)15-18-13(25-19-15)9-20-5-7-21(8-6-20)16(22)14-11(2)17-10-24-14/h10,12H,4-9H2,1-3H3. The molecule has 1 unspecified atom stereocenters. The second kappa shape index (κ2) is 7.75. The molecule has 1 atom stereocenters. The van der Waals surface area contributed by atoms with Crippen molar-refractivity contribution in [2.24, 2.45) is 0 Å². The molecule has 0 radical (unpaired) electrons. The number of rotatable bonds is 6. The highest BCUT2D eigenvalue weighted by Crippen LogP contribution is 2.15. The van der Waals surface area contributed by atoms with Gasteiger partial charge in [-0.3, -0.25) is 9.69 Å². The highest BCUT2D eigenvalue weighted by Gasteiger charge is 2.26. The van der Waals surface area contributed by atoms with Gasteiger partial charge < -0.3 is 18.6 Å². The van der Waals surface area contributed by atoms with Gasteiger partial charge in [-0.25, -0.2) is 4.98 Å². The van der Waals surface area contributed by atoms with Crippen LogP contribution in [0.5, 0.6) is 0 Å². The molecule has 2 aromatic heterocycles. The number of ether oxygens (including phenoxy) is 1. The van der Waals surface area contributed by atoms with Gasteiger partial charge in [0.05, 0.1) is 12.2 Å². The summed E-state index contributed by atoms with van der Waals surface area (Å²) in [6, 6.07) is 0. The topological polar surface area (TPSA) is 97.7 Å². The first-order chi connectivity index (χ1) is 12.1. The molecule has 1 aliphatic heterocycles. The average molecular weight is 349 g/mol. The van der Waals surface area contributed by atoms with Crippen molar-refractivity contribution >= 4 is 5.91 Å². The van der Waals surface area contributed by atoms with Crippen LogP contribution in [0, 0.1) is 6.92 Å². The van der Waals surface area contributed by atoms with Crippen LogP contribution in [0.15, 0.2) is 15.3 Å². The molecule has 0 aliphatic carbocycles. The first kappa shape index (κ1) is 17.6. The summed E-state index contributed by atoms with van der Waals surface area (Å²) in [6.45, 7) is 9.47. The number of carbonyl (C=O) groups excluding carboxylic acids is 1. The summed E-state index contributed by atoms with van der Waals surface area (Å²) in [7, 11) is 0. The van der Waals surface area contributed by atoms with Gasteiger partial charge in [0.15, 0.2) is 12.2 Å². The summed E-state index contributed by atoms with van der Waals surface area (Å²) in [5, 5.41) is 3.97. The van der Waals surface area contributed by atoms with Crippen molar-refractivity contribution in [2.75, 3.05) is 32.8 Å². The normalized spacial score (nSPS) is 17.0. The van der Waals surface area contributed by atoms with Crippen molar-refractivity contribution in [3.8, 4) is 0 Å². The molecule has 9 heteroatoms. The summed E-state index contributed by atoms with van der Waals surface area (Å²) in [5.41, 5.74) is 0.620. The Morgan fingerprint density at radius 1 is 1.36 bits per heavy atom. The molecule has 136 valence electrons. The third-order valence-corrected chi connectivity index (χ3v) is 4.22. The van der Waals surface area contributed by atoms with Crippen LogP contribution < -0.4 is 0 Å². The summed E-state index contributed by atoms with van der Waals surface area (Å²) in [4.78, 5) is 24.7. The third kappa shape index (κ3) is 4.05. The Labute approximate surface area is 145 Å². The molecule has 1 saturated heterocycles. The number of oxazole rings is 1. The maximum Gasteiger partial charge on any atom is 0.291 e. The van der Waals surface area contributed by atoms with Gasteiger partial charge in [0.25, 0.3) is 5.91 Å². The number of hydrogen-bond donors (Lipinski definition) is 0. The quantitative estimate of drug-likeness (QED) is 0.772. The fourth-order valence-corrected chi connectivity index (χ4v) is 2.77. The molecule has 25 heavy (non-hydrogen) atoms. The number of aryl methyl sites for hydroxylation is 1. The largest absolute Gasteiger partial charge is 0.438 e. The van der Waals surface area contributed by atoms with E-state index in [9.17, 15) is 4.79 Å². The van der Waals surface area contributed by atoms with E-state index >= 15 is 0 Å². The van der Waals surface area contributed by atoms with E-state index in [1.165, 1.54) is 6.39 Å². The molecule has 0 spiro atoms. The van der Waals surface area contributed by atoms with E-state index in [1.807, 2.05) is 13.8 Å². The number of amides is 1. The number of carbonyl (C=O) groups is 1. The third-order valence-electron chi connectivity index (χ3n) is 4.22. The first-order valence-electron chi connectivity index (χ1n) is 8.44. The fraction of sp³-hybridized carbons (Fsp3) is 0.625. The Morgan fingerprint density at radius 2 is 2.12 bits per heavy atom.